The van der Waals surface area contributed by atoms with Crippen molar-refractivity contribution in [2.75, 3.05) is 14.2 Å². The first-order valence-corrected chi connectivity index (χ1v) is 6.64. The Bertz CT molecular complexity index is 626. The topological polar surface area (TPSA) is 35.5 Å². The van der Waals surface area contributed by atoms with Crippen LogP contribution in [0.15, 0.2) is 59.4 Å². The summed E-state index contributed by atoms with van der Waals surface area (Å²) in [5.41, 5.74) is -1.17. The molecule has 0 radical (unpaired) electrons. The Balaban J connectivity index is 3.36. The molecule has 0 aliphatic carbocycles. The largest absolute Gasteiger partial charge is 0.503 e. The summed E-state index contributed by atoms with van der Waals surface area (Å²) < 4.78 is 49.1. The van der Waals surface area contributed by atoms with Crippen LogP contribution in [0.25, 0.3) is 6.08 Å². The Morgan fingerprint density at radius 1 is 1.13 bits per heavy atom. The van der Waals surface area contributed by atoms with Crippen molar-refractivity contribution in [1.82, 2.24) is 0 Å². The van der Waals surface area contributed by atoms with Crippen LogP contribution in [0, 0.1) is 0 Å². The van der Waals surface area contributed by atoms with Crippen LogP contribution in [0.2, 0.25) is 0 Å². The molecule has 23 heavy (non-hydrogen) atoms. The van der Waals surface area contributed by atoms with Gasteiger partial charge in [0.05, 0.1) is 26.1 Å². The van der Waals surface area contributed by atoms with E-state index in [0.29, 0.717) is 0 Å². The fourth-order valence-corrected chi connectivity index (χ4v) is 1.89. The van der Waals surface area contributed by atoms with E-state index in [0.717, 1.165) is 26.0 Å². The number of alkyl halides is 3. The summed E-state index contributed by atoms with van der Waals surface area (Å²) >= 11 is 0. The minimum absolute atomic E-state index is 0.130. The van der Waals surface area contributed by atoms with Crippen molar-refractivity contribution < 1.29 is 27.4 Å². The van der Waals surface area contributed by atoms with Crippen molar-refractivity contribution in [3.63, 3.8) is 0 Å². The molecule has 0 heterocycles. The molecule has 0 aliphatic rings. The summed E-state index contributed by atoms with van der Waals surface area (Å²) in [6, 6.07) is 8.85. The summed E-state index contributed by atoms with van der Waals surface area (Å²) in [5.74, 6) is -1.12. The fourth-order valence-electron chi connectivity index (χ4n) is 1.89. The monoisotopic (exact) mass is 326 g/mol. The third kappa shape index (κ3) is 5.32. The number of esters is 1. The molecular formula is C17H17F3O3. The van der Waals surface area contributed by atoms with E-state index in [1.807, 2.05) is 0 Å². The Morgan fingerprint density at radius 3 is 2.22 bits per heavy atom. The van der Waals surface area contributed by atoms with Gasteiger partial charge in [-0.3, -0.25) is 0 Å². The molecule has 0 saturated carbocycles. The smallest absolute Gasteiger partial charge is 0.417 e. The molecule has 0 aromatic heterocycles. The van der Waals surface area contributed by atoms with E-state index >= 15 is 0 Å². The lowest BCUT2D eigenvalue weighted by Gasteiger charge is -2.15. The third-order valence-corrected chi connectivity index (χ3v) is 2.91. The minimum atomic E-state index is -4.73. The molecule has 124 valence electrons. The van der Waals surface area contributed by atoms with Crippen molar-refractivity contribution in [3.05, 3.63) is 65.0 Å². The normalized spacial score (nSPS) is 13.7. The van der Waals surface area contributed by atoms with Gasteiger partial charge in [0.1, 0.15) is 5.57 Å². The number of ether oxygens (including phenoxy) is 2. The number of carbonyl (C=O) groups excluding carboxylic acids is 1. The minimum Gasteiger partial charge on any atom is -0.503 e. The highest BCUT2D eigenvalue weighted by molar-refractivity contribution is 5.94. The molecule has 0 amide bonds. The second-order valence-corrected chi connectivity index (χ2v) is 4.56. The van der Waals surface area contributed by atoms with Gasteiger partial charge in [-0.15, -0.1) is 0 Å². The van der Waals surface area contributed by atoms with Crippen molar-refractivity contribution in [1.29, 1.82) is 0 Å². The van der Waals surface area contributed by atoms with Crippen molar-refractivity contribution >= 4 is 12.0 Å². The van der Waals surface area contributed by atoms with Gasteiger partial charge in [-0.05, 0) is 18.1 Å². The number of allylic oxidation sites excluding steroid dienone is 2. The molecule has 1 rings (SSSR count). The van der Waals surface area contributed by atoms with Gasteiger partial charge in [-0.1, -0.05) is 42.5 Å². The van der Waals surface area contributed by atoms with Crippen LogP contribution in [0.1, 0.15) is 12.5 Å². The van der Waals surface area contributed by atoms with Crippen LogP contribution in [0.5, 0.6) is 0 Å². The van der Waals surface area contributed by atoms with Crippen LogP contribution >= 0.6 is 0 Å². The zero-order valence-corrected chi connectivity index (χ0v) is 13.0. The van der Waals surface area contributed by atoms with Gasteiger partial charge >= 0.3 is 12.1 Å². The van der Waals surface area contributed by atoms with E-state index in [-0.39, 0.29) is 5.57 Å². The zero-order chi connectivity index (χ0) is 17.5. The number of carbonyl (C=O) groups is 1. The molecule has 1 aromatic rings. The van der Waals surface area contributed by atoms with Gasteiger partial charge in [0.2, 0.25) is 0 Å². The summed E-state index contributed by atoms with van der Waals surface area (Å²) in [7, 11) is 2.17. The summed E-state index contributed by atoms with van der Waals surface area (Å²) in [6.07, 6.45) is -1.18. The van der Waals surface area contributed by atoms with Crippen LogP contribution in [-0.4, -0.2) is 26.4 Å². The van der Waals surface area contributed by atoms with E-state index in [4.69, 9.17) is 0 Å². The van der Waals surface area contributed by atoms with Gasteiger partial charge < -0.3 is 9.47 Å². The zero-order valence-electron chi connectivity index (χ0n) is 13.0. The number of benzene rings is 1. The second-order valence-electron chi connectivity index (χ2n) is 4.56. The Hall–Kier alpha value is -2.50. The molecule has 0 aliphatic heterocycles. The SMILES string of the molecule is CO\C=C(C(=O)OC)/C(=C(C)\C=C\c1ccccc1)C(F)(F)F. The highest BCUT2D eigenvalue weighted by Gasteiger charge is 2.40. The first-order chi connectivity index (χ1) is 10.8. The van der Waals surface area contributed by atoms with E-state index < -0.39 is 23.3 Å². The number of hydrogen-bond donors (Lipinski definition) is 0. The number of methoxy groups -OCH3 is 2. The van der Waals surface area contributed by atoms with Crippen LogP contribution < -0.4 is 0 Å². The molecule has 1 aromatic carbocycles. The molecule has 0 N–H and O–H groups in total. The molecule has 0 saturated heterocycles. The summed E-state index contributed by atoms with van der Waals surface area (Å²) in [5, 5.41) is 0. The standard InChI is InChI=1S/C17H17F3O3/c1-12(9-10-13-7-5-4-6-8-13)15(17(18,19)20)14(11-22-2)16(21)23-3/h4-11H,1-3H3/b10-9+,14-11+,15-12+. The maximum absolute atomic E-state index is 13.4. The van der Waals surface area contributed by atoms with Crippen LogP contribution in [-0.2, 0) is 14.3 Å². The predicted octanol–water partition coefficient (Wildman–Crippen LogP) is 4.28. The summed E-state index contributed by atoms with van der Waals surface area (Å²) in [4.78, 5) is 11.6. The van der Waals surface area contributed by atoms with E-state index in [9.17, 15) is 18.0 Å². The second kappa shape index (κ2) is 8.22. The molecule has 0 unspecified atom stereocenters. The predicted molar refractivity (Wildman–Crippen MR) is 81.3 cm³/mol. The Morgan fingerprint density at radius 2 is 1.74 bits per heavy atom. The highest BCUT2D eigenvalue weighted by Crippen LogP contribution is 2.35. The van der Waals surface area contributed by atoms with E-state index in [1.54, 1.807) is 30.3 Å². The molecule has 0 atom stereocenters. The van der Waals surface area contributed by atoms with Crippen molar-refractivity contribution in [2.24, 2.45) is 0 Å². The number of halogens is 3. The maximum Gasteiger partial charge on any atom is 0.417 e. The summed E-state index contributed by atoms with van der Waals surface area (Å²) in [6.45, 7) is 1.27. The van der Waals surface area contributed by atoms with Crippen molar-refractivity contribution in [3.8, 4) is 0 Å². The number of hydrogen-bond acceptors (Lipinski definition) is 3. The van der Waals surface area contributed by atoms with E-state index in [2.05, 4.69) is 9.47 Å². The average Bonchev–Trinajstić information content (AvgIpc) is 2.51. The number of rotatable bonds is 5. The average molecular weight is 326 g/mol. The molecule has 6 heteroatoms. The lowest BCUT2D eigenvalue weighted by molar-refractivity contribution is -0.138. The lowest BCUT2D eigenvalue weighted by Crippen LogP contribution is -2.21. The van der Waals surface area contributed by atoms with E-state index in [1.165, 1.54) is 19.1 Å². The van der Waals surface area contributed by atoms with Gasteiger partial charge in [0, 0.05) is 0 Å². The fraction of sp³-hybridized carbons (Fsp3) is 0.235. The van der Waals surface area contributed by atoms with Gasteiger partial charge in [0.25, 0.3) is 0 Å². The molecule has 3 nitrogen and oxygen atoms in total. The lowest BCUT2D eigenvalue weighted by atomic mass is 10.00. The van der Waals surface area contributed by atoms with Gasteiger partial charge in [-0.2, -0.15) is 13.2 Å². The molecule has 0 spiro atoms. The molecule has 0 fully saturated rings. The first kappa shape index (κ1) is 18.5. The van der Waals surface area contributed by atoms with Gasteiger partial charge in [-0.25, -0.2) is 4.79 Å². The van der Waals surface area contributed by atoms with Crippen LogP contribution in [0.4, 0.5) is 13.2 Å². The third-order valence-electron chi connectivity index (χ3n) is 2.91. The quantitative estimate of drug-likeness (QED) is 0.351. The molecule has 0 bridgehead atoms. The highest BCUT2D eigenvalue weighted by atomic mass is 19.4. The Kier molecular flexibility index (Phi) is 6.63. The Labute approximate surface area is 132 Å². The maximum atomic E-state index is 13.4. The molecular weight excluding hydrogens is 309 g/mol. The van der Waals surface area contributed by atoms with Crippen LogP contribution in [0.3, 0.4) is 0 Å². The van der Waals surface area contributed by atoms with Crippen molar-refractivity contribution in [2.45, 2.75) is 13.1 Å². The first-order valence-electron chi connectivity index (χ1n) is 6.64. The van der Waals surface area contributed by atoms with Gasteiger partial charge in [0.15, 0.2) is 0 Å².